The Morgan fingerprint density at radius 2 is 1.61 bits per heavy atom. The van der Waals surface area contributed by atoms with Gasteiger partial charge in [0.2, 0.25) is 0 Å². The van der Waals surface area contributed by atoms with E-state index in [1.807, 2.05) is 44.2 Å². The summed E-state index contributed by atoms with van der Waals surface area (Å²) < 4.78 is 29.3. The minimum absolute atomic E-state index is 0.399. The molecular formula is C29H42O6Si. The van der Waals surface area contributed by atoms with Gasteiger partial charge in [0.25, 0.3) is 0 Å². The number of unbranched alkanes of at least 4 members (excludes halogenated alkanes) is 5. The third kappa shape index (κ3) is 8.35. The van der Waals surface area contributed by atoms with Crippen molar-refractivity contribution in [1.82, 2.24) is 0 Å². The molecule has 0 saturated carbocycles. The Morgan fingerprint density at radius 1 is 0.833 bits per heavy atom. The number of rotatable bonds is 17. The summed E-state index contributed by atoms with van der Waals surface area (Å²) in [5.74, 6) is 2.17. The van der Waals surface area contributed by atoms with E-state index in [1.54, 1.807) is 6.07 Å². The zero-order valence-corrected chi connectivity index (χ0v) is 23.4. The minimum atomic E-state index is -2.01. The lowest BCUT2D eigenvalue weighted by Crippen LogP contribution is -2.38. The third-order valence-corrected chi connectivity index (χ3v) is 9.42. The molecule has 0 radical (unpaired) electrons. The number of aryl methyl sites for hydroxylation is 1. The first-order chi connectivity index (χ1) is 17.5. The van der Waals surface area contributed by atoms with Crippen LogP contribution in [0.3, 0.4) is 0 Å². The fourth-order valence-corrected chi connectivity index (χ4v) is 6.93. The SMILES string of the molecule is CCCCCc1ccc(-c2cc3ccc(OCCCCCC[Si](C)(OCC)OCC)cc3oc2=O)o1. The Labute approximate surface area is 216 Å². The van der Waals surface area contributed by atoms with Crippen molar-refractivity contribution in [3.63, 3.8) is 0 Å². The Balaban J connectivity index is 1.49. The van der Waals surface area contributed by atoms with Crippen molar-refractivity contribution in [3.05, 3.63) is 52.6 Å². The van der Waals surface area contributed by atoms with E-state index in [-0.39, 0.29) is 0 Å². The van der Waals surface area contributed by atoms with Gasteiger partial charge in [0.1, 0.15) is 28.4 Å². The number of benzene rings is 1. The zero-order chi connectivity index (χ0) is 25.8. The van der Waals surface area contributed by atoms with Crippen molar-refractivity contribution < 1.29 is 22.4 Å². The van der Waals surface area contributed by atoms with Crippen molar-refractivity contribution in [1.29, 1.82) is 0 Å². The Bertz CT molecular complexity index is 1110. The molecule has 0 aliphatic heterocycles. The highest BCUT2D eigenvalue weighted by Gasteiger charge is 2.29. The largest absolute Gasteiger partial charge is 0.493 e. The summed E-state index contributed by atoms with van der Waals surface area (Å²) in [5, 5.41) is 0.844. The molecule has 0 aliphatic carbocycles. The van der Waals surface area contributed by atoms with Crippen molar-refractivity contribution in [3.8, 4) is 17.1 Å². The van der Waals surface area contributed by atoms with Gasteiger partial charge in [-0.1, -0.05) is 39.0 Å². The average molecular weight is 515 g/mol. The minimum Gasteiger partial charge on any atom is -0.493 e. The lowest BCUT2D eigenvalue weighted by Gasteiger charge is -2.25. The lowest BCUT2D eigenvalue weighted by molar-refractivity contribution is 0.188. The molecule has 198 valence electrons. The predicted octanol–water partition coefficient (Wildman–Crippen LogP) is 7.87. The van der Waals surface area contributed by atoms with E-state index >= 15 is 0 Å². The molecule has 2 heterocycles. The van der Waals surface area contributed by atoms with Crippen LogP contribution < -0.4 is 10.4 Å². The standard InChI is InChI=1S/C29H42O6Si/c1-5-8-11-14-24-17-18-27(34-24)26-21-23-15-16-25(22-28(23)35-29(26)30)31-19-12-9-10-13-20-36(4,32-6-2)33-7-3/h15-18,21-22H,5-14,19-20H2,1-4H3. The zero-order valence-electron chi connectivity index (χ0n) is 22.4. The van der Waals surface area contributed by atoms with Crippen LogP contribution in [0.5, 0.6) is 5.75 Å². The average Bonchev–Trinajstić information content (AvgIpc) is 3.32. The Morgan fingerprint density at radius 3 is 2.36 bits per heavy atom. The number of ether oxygens (including phenoxy) is 1. The molecule has 3 rings (SSSR count). The van der Waals surface area contributed by atoms with Crippen LogP contribution in [0.15, 0.2) is 50.0 Å². The first kappa shape index (κ1) is 28.2. The maximum absolute atomic E-state index is 12.6. The summed E-state index contributed by atoms with van der Waals surface area (Å²) >= 11 is 0. The van der Waals surface area contributed by atoms with E-state index in [2.05, 4.69) is 13.5 Å². The molecule has 1 aromatic carbocycles. The van der Waals surface area contributed by atoms with Gasteiger partial charge in [-0.2, -0.15) is 0 Å². The third-order valence-electron chi connectivity index (χ3n) is 6.35. The smallest absolute Gasteiger partial charge is 0.347 e. The van der Waals surface area contributed by atoms with Crippen LogP contribution in [0.1, 0.15) is 71.5 Å². The molecule has 0 aliphatic rings. The van der Waals surface area contributed by atoms with Gasteiger partial charge in [-0.3, -0.25) is 0 Å². The van der Waals surface area contributed by atoms with Gasteiger partial charge in [0.05, 0.1) is 6.61 Å². The van der Waals surface area contributed by atoms with Crippen molar-refractivity contribution in [2.75, 3.05) is 19.8 Å². The maximum Gasteiger partial charge on any atom is 0.347 e. The van der Waals surface area contributed by atoms with E-state index in [4.69, 9.17) is 22.4 Å². The molecule has 3 aromatic rings. The second-order valence-corrected chi connectivity index (χ2v) is 12.7. The fraction of sp³-hybridized carbons (Fsp3) is 0.552. The van der Waals surface area contributed by atoms with Crippen LogP contribution in [-0.2, 0) is 15.3 Å². The first-order valence-electron chi connectivity index (χ1n) is 13.6. The second-order valence-electron chi connectivity index (χ2n) is 9.38. The molecule has 0 spiro atoms. The highest BCUT2D eigenvalue weighted by Crippen LogP contribution is 2.26. The fourth-order valence-electron chi connectivity index (χ4n) is 4.45. The molecular weight excluding hydrogens is 472 g/mol. The van der Waals surface area contributed by atoms with Gasteiger partial charge in [0.15, 0.2) is 0 Å². The molecule has 36 heavy (non-hydrogen) atoms. The summed E-state index contributed by atoms with van der Waals surface area (Å²) in [6.07, 6.45) is 8.62. The Kier molecular flexibility index (Phi) is 11.3. The predicted molar refractivity (Wildman–Crippen MR) is 147 cm³/mol. The first-order valence-corrected chi connectivity index (χ1v) is 16.1. The molecule has 0 unspecified atom stereocenters. The van der Waals surface area contributed by atoms with Gasteiger partial charge in [-0.15, -0.1) is 0 Å². The van der Waals surface area contributed by atoms with Gasteiger partial charge in [0, 0.05) is 31.1 Å². The quantitative estimate of drug-likeness (QED) is 0.104. The summed E-state index contributed by atoms with van der Waals surface area (Å²) in [7, 11) is -2.01. The van der Waals surface area contributed by atoms with Crippen LogP contribution >= 0.6 is 0 Å². The van der Waals surface area contributed by atoms with Gasteiger partial charge < -0.3 is 22.4 Å². The number of hydrogen-bond acceptors (Lipinski definition) is 6. The van der Waals surface area contributed by atoms with Crippen LogP contribution in [0.4, 0.5) is 0 Å². The lowest BCUT2D eigenvalue weighted by atomic mass is 10.1. The highest BCUT2D eigenvalue weighted by atomic mass is 28.4. The molecule has 6 nitrogen and oxygen atoms in total. The van der Waals surface area contributed by atoms with Gasteiger partial charge in [-0.25, -0.2) is 4.79 Å². The topological polar surface area (TPSA) is 71.0 Å². The molecule has 0 saturated heterocycles. The molecule has 0 atom stereocenters. The van der Waals surface area contributed by atoms with Gasteiger partial charge >= 0.3 is 14.2 Å². The van der Waals surface area contributed by atoms with E-state index in [0.29, 0.717) is 42.5 Å². The van der Waals surface area contributed by atoms with Crippen LogP contribution in [0, 0.1) is 0 Å². The summed E-state index contributed by atoms with van der Waals surface area (Å²) in [6, 6.07) is 12.3. The van der Waals surface area contributed by atoms with E-state index < -0.39 is 14.2 Å². The molecule has 0 fully saturated rings. The van der Waals surface area contributed by atoms with Crippen LogP contribution in [-0.4, -0.2) is 28.4 Å². The summed E-state index contributed by atoms with van der Waals surface area (Å²) in [5.41, 5.74) is 0.571. The molecule has 7 heteroatoms. The molecule has 0 N–H and O–H groups in total. The monoisotopic (exact) mass is 514 g/mol. The van der Waals surface area contributed by atoms with Crippen LogP contribution in [0.25, 0.3) is 22.3 Å². The molecule has 2 aromatic heterocycles. The van der Waals surface area contributed by atoms with E-state index in [9.17, 15) is 4.79 Å². The van der Waals surface area contributed by atoms with E-state index in [0.717, 1.165) is 62.1 Å². The summed E-state index contributed by atoms with van der Waals surface area (Å²) in [6.45, 7) is 10.5. The number of fused-ring (bicyclic) bond motifs is 1. The number of furan rings is 1. The maximum atomic E-state index is 12.6. The molecule has 0 amide bonds. The second kappa shape index (κ2) is 14.4. The van der Waals surface area contributed by atoms with Crippen molar-refractivity contribution >= 4 is 19.5 Å². The van der Waals surface area contributed by atoms with Gasteiger partial charge in [-0.05, 0) is 69.6 Å². The number of hydrogen-bond donors (Lipinski definition) is 0. The van der Waals surface area contributed by atoms with Crippen molar-refractivity contribution in [2.24, 2.45) is 0 Å². The highest BCUT2D eigenvalue weighted by molar-refractivity contribution is 6.66. The Hall–Kier alpha value is -2.35. The molecule has 0 bridgehead atoms. The van der Waals surface area contributed by atoms with E-state index in [1.165, 1.54) is 6.42 Å². The normalized spacial score (nSPS) is 11.9. The van der Waals surface area contributed by atoms with Crippen molar-refractivity contribution in [2.45, 2.75) is 84.7 Å². The summed E-state index contributed by atoms with van der Waals surface area (Å²) in [4.78, 5) is 12.6. The van der Waals surface area contributed by atoms with Crippen LogP contribution in [0.2, 0.25) is 12.6 Å².